The monoisotopic (exact) mass is 282 g/mol. The Morgan fingerprint density at radius 3 is 2.65 bits per heavy atom. The molecule has 0 saturated carbocycles. The Bertz CT molecular complexity index is 387. The fraction of sp³-hybridized carbons (Fsp3) is 0.714. The number of hydrogen-bond donors (Lipinski definition) is 3. The van der Waals surface area contributed by atoms with E-state index in [1.807, 2.05) is 20.0 Å². The molecule has 0 bridgehead atoms. The molecule has 1 atom stereocenters. The summed E-state index contributed by atoms with van der Waals surface area (Å²) in [4.78, 5) is 8.78. The lowest BCUT2D eigenvalue weighted by molar-refractivity contribution is 0.128. The van der Waals surface area contributed by atoms with Crippen LogP contribution in [0.25, 0.3) is 0 Å². The van der Waals surface area contributed by atoms with Gasteiger partial charge in [0.05, 0.1) is 0 Å². The van der Waals surface area contributed by atoms with Crippen molar-refractivity contribution in [1.82, 2.24) is 9.97 Å². The van der Waals surface area contributed by atoms with Crippen molar-refractivity contribution in [1.29, 1.82) is 0 Å². The van der Waals surface area contributed by atoms with Crippen LogP contribution in [-0.4, -0.2) is 41.9 Å². The van der Waals surface area contributed by atoms with E-state index in [9.17, 15) is 0 Å². The van der Waals surface area contributed by atoms with E-state index in [4.69, 9.17) is 9.84 Å². The van der Waals surface area contributed by atoms with Crippen molar-refractivity contribution in [2.45, 2.75) is 33.3 Å². The number of aliphatic hydroxyl groups excluding tert-OH is 1. The Labute approximate surface area is 121 Å². The molecule has 0 aliphatic carbocycles. The largest absolute Gasteiger partial charge is 0.396 e. The van der Waals surface area contributed by atoms with E-state index >= 15 is 0 Å². The third-order valence-electron chi connectivity index (χ3n) is 3.15. The molecule has 6 nitrogen and oxygen atoms in total. The van der Waals surface area contributed by atoms with E-state index in [2.05, 4.69) is 27.5 Å². The molecular formula is C14H26N4O2. The molecule has 1 aromatic rings. The standard InChI is InChI=1S/C14H26N4O2/c1-4-11(6-7-19)9-16-13-8-12(15-3)17-14(18-13)10-20-5-2/h8,11,19H,4-7,9-10H2,1-3H3,(H2,15,16,17,18). The molecule has 0 radical (unpaired) electrons. The Morgan fingerprint density at radius 2 is 2.05 bits per heavy atom. The summed E-state index contributed by atoms with van der Waals surface area (Å²) in [5, 5.41) is 15.3. The second-order valence-electron chi connectivity index (χ2n) is 4.61. The zero-order valence-electron chi connectivity index (χ0n) is 12.6. The summed E-state index contributed by atoms with van der Waals surface area (Å²) >= 11 is 0. The Morgan fingerprint density at radius 1 is 1.30 bits per heavy atom. The van der Waals surface area contributed by atoms with Crippen LogP contribution >= 0.6 is 0 Å². The molecule has 1 rings (SSSR count). The number of anilines is 2. The van der Waals surface area contributed by atoms with Crippen LogP contribution in [-0.2, 0) is 11.3 Å². The average Bonchev–Trinajstić information content (AvgIpc) is 2.49. The van der Waals surface area contributed by atoms with Crippen LogP contribution in [0.1, 0.15) is 32.5 Å². The minimum Gasteiger partial charge on any atom is -0.396 e. The van der Waals surface area contributed by atoms with Crippen LogP contribution in [0.5, 0.6) is 0 Å². The summed E-state index contributed by atoms with van der Waals surface area (Å²) in [7, 11) is 1.83. The zero-order valence-corrected chi connectivity index (χ0v) is 12.6. The lowest BCUT2D eigenvalue weighted by Gasteiger charge is -2.15. The Balaban J connectivity index is 2.67. The molecule has 1 aromatic heterocycles. The first-order valence-electron chi connectivity index (χ1n) is 7.21. The maximum atomic E-state index is 9.01. The predicted octanol–water partition coefficient (Wildman–Crippen LogP) is 1.88. The highest BCUT2D eigenvalue weighted by molar-refractivity contribution is 5.47. The van der Waals surface area contributed by atoms with Crippen molar-refractivity contribution in [3.63, 3.8) is 0 Å². The number of nitrogens with one attached hydrogen (secondary N) is 2. The van der Waals surface area contributed by atoms with Gasteiger partial charge in [-0.1, -0.05) is 13.3 Å². The maximum absolute atomic E-state index is 9.01. The van der Waals surface area contributed by atoms with Gasteiger partial charge in [0.25, 0.3) is 0 Å². The minimum atomic E-state index is 0.224. The van der Waals surface area contributed by atoms with E-state index in [1.165, 1.54) is 0 Å². The SMILES string of the molecule is CCOCc1nc(NC)cc(NCC(CC)CCO)n1. The molecular weight excluding hydrogens is 256 g/mol. The lowest BCUT2D eigenvalue weighted by Crippen LogP contribution is -2.16. The Hall–Kier alpha value is -1.40. The molecule has 114 valence electrons. The molecule has 6 heteroatoms. The van der Waals surface area contributed by atoms with Gasteiger partial charge in [0, 0.05) is 32.9 Å². The van der Waals surface area contributed by atoms with Gasteiger partial charge in [-0.25, -0.2) is 9.97 Å². The molecule has 0 aromatic carbocycles. The van der Waals surface area contributed by atoms with Gasteiger partial charge >= 0.3 is 0 Å². The van der Waals surface area contributed by atoms with Crippen LogP contribution in [0, 0.1) is 5.92 Å². The van der Waals surface area contributed by atoms with Crippen molar-refractivity contribution in [3.8, 4) is 0 Å². The minimum absolute atomic E-state index is 0.224. The van der Waals surface area contributed by atoms with Gasteiger partial charge in [-0.05, 0) is 19.3 Å². The van der Waals surface area contributed by atoms with E-state index in [-0.39, 0.29) is 6.61 Å². The number of aromatic nitrogens is 2. The van der Waals surface area contributed by atoms with Gasteiger partial charge in [0.2, 0.25) is 0 Å². The van der Waals surface area contributed by atoms with Crippen LogP contribution < -0.4 is 10.6 Å². The molecule has 0 spiro atoms. The number of ether oxygens (including phenoxy) is 1. The molecule has 20 heavy (non-hydrogen) atoms. The summed E-state index contributed by atoms with van der Waals surface area (Å²) in [6.45, 7) is 6.15. The third kappa shape index (κ3) is 5.71. The molecule has 1 unspecified atom stereocenters. The molecule has 0 aliphatic heterocycles. The molecule has 3 N–H and O–H groups in total. The molecule has 0 amide bonds. The van der Waals surface area contributed by atoms with Gasteiger partial charge in [0.15, 0.2) is 5.82 Å². The summed E-state index contributed by atoms with van der Waals surface area (Å²) in [6.07, 6.45) is 1.84. The van der Waals surface area contributed by atoms with Gasteiger partial charge in [0.1, 0.15) is 18.2 Å². The fourth-order valence-corrected chi connectivity index (χ4v) is 1.86. The first kappa shape index (κ1) is 16.7. The van der Waals surface area contributed by atoms with Crippen molar-refractivity contribution < 1.29 is 9.84 Å². The summed E-state index contributed by atoms with van der Waals surface area (Å²) < 4.78 is 5.35. The van der Waals surface area contributed by atoms with Gasteiger partial charge < -0.3 is 20.5 Å². The van der Waals surface area contributed by atoms with Crippen LogP contribution in [0.4, 0.5) is 11.6 Å². The van der Waals surface area contributed by atoms with Gasteiger partial charge in [-0.3, -0.25) is 0 Å². The summed E-state index contributed by atoms with van der Waals surface area (Å²) in [5.74, 6) is 2.67. The van der Waals surface area contributed by atoms with Gasteiger partial charge in [-0.2, -0.15) is 0 Å². The van der Waals surface area contributed by atoms with Crippen molar-refractivity contribution >= 4 is 11.6 Å². The van der Waals surface area contributed by atoms with E-state index in [0.717, 1.165) is 31.0 Å². The quantitative estimate of drug-likeness (QED) is 0.608. The van der Waals surface area contributed by atoms with E-state index in [0.29, 0.717) is 25.0 Å². The number of hydrogen-bond acceptors (Lipinski definition) is 6. The number of aliphatic hydroxyl groups is 1. The van der Waals surface area contributed by atoms with Crippen molar-refractivity contribution in [2.24, 2.45) is 5.92 Å². The van der Waals surface area contributed by atoms with Crippen molar-refractivity contribution in [2.75, 3.05) is 37.4 Å². The topological polar surface area (TPSA) is 79.3 Å². The summed E-state index contributed by atoms with van der Waals surface area (Å²) in [5.41, 5.74) is 0. The number of nitrogens with zero attached hydrogens (tertiary/aromatic N) is 2. The number of rotatable bonds is 10. The van der Waals surface area contributed by atoms with E-state index in [1.54, 1.807) is 0 Å². The van der Waals surface area contributed by atoms with Crippen LogP contribution in [0.3, 0.4) is 0 Å². The smallest absolute Gasteiger partial charge is 0.158 e. The zero-order chi connectivity index (χ0) is 14.8. The van der Waals surface area contributed by atoms with Gasteiger partial charge in [-0.15, -0.1) is 0 Å². The lowest BCUT2D eigenvalue weighted by atomic mass is 10.0. The maximum Gasteiger partial charge on any atom is 0.158 e. The third-order valence-corrected chi connectivity index (χ3v) is 3.15. The predicted molar refractivity (Wildman–Crippen MR) is 80.9 cm³/mol. The molecule has 0 fully saturated rings. The summed E-state index contributed by atoms with van der Waals surface area (Å²) in [6, 6.07) is 1.88. The molecule has 1 heterocycles. The van der Waals surface area contributed by atoms with Crippen molar-refractivity contribution in [3.05, 3.63) is 11.9 Å². The molecule has 0 aliphatic rings. The first-order valence-corrected chi connectivity index (χ1v) is 7.21. The second kappa shape index (κ2) is 9.50. The highest BCUT2D eigenvalue weighted by Gasteiger charge is 2.08. The van der Waals surface area contributed by atoms with E-state index < -0.39 is 0 Å². The normalized spacial score (nSPS) is 12.2. The molecule has 0 saturated heterocycles. The highest BCUT2D eigenvalue weighted by Crippen LogP contribution is 2.14. The van der Waals surface area contributed by atoms with Crippen LogP contribution in [0.15, 0.2) is 6.07 Å². The average molecular weight is 282 g/mol. The fourth-order valence-electron chi connectivity index (χ4n) is 1.86. The Kier molecular flexibility index (Phi) is 7.91. The highest BCUT2D eigenvalue weighted by atomic mass is 16.5. The first-order chi connectivity index (χ1) is 9.73. The second-order valence-corrected chi connectivity index (χ2v) is 4.61. The van der Waals surface area contributed by atoms with Crippen LogP contribution in [0.2, 0.25) is 0 Å².